The van der Waals surface area contributed by atoms with Gasteiger partial charge >= 0.3 is 0 Å². The van der Waals surface area contributed by atoms with Crippen molar-refractivity contribution in [2.24, 2.45) is 0 Å². The van der Waals surface area contributed by atoms with Crippen LogP contribution in [0.15, 0.2) is 0 Å². The monoisotopic (exact) mass is 83.1 g/mol. The maximum atomic E-state index is 2.51. The zero-order valence-electron chi connectivity index (χ0n) is 4.02. The van der Waals surface area contributed by atoms with Crippen molar-refractivity contribution in [3.05, 3.63) is 0 Å². The van der Waals surface area contributed by atoms with Crippen LogP contribution in [0.2, 0.25) is 0 Å². The summed E-state index contributed by atoms with van der Waals surface area (Å²) in [7, 11) is 0. The van der Waals surface area contributed by atoms with Crippen molar-refractivity contribution < 1.29 is 0 Å². The lowest BCUT2D eigenvalue weighted by molar-refractivity contribution is 0.272. The molecule has 0 aromatic rings. The van der Waals surface area contributed by atoms with E-state index < -0.39 is 0 Å². The smallest absolute Gasteiger partial charge is 0.0241 e. The lowest BCUT2D eigenvalue weighted by Gasteiger charge is -2.21. The Morgan fingerprint density at radius 1 is 1.67 bits per heavy atom. The van der Waals surface area contributed by atoms with Gasteiger partial charge in [-0.05, 0) is 13.3 Å². The predicted octanol–water partition coefficient (Wildman–Crippen LogP) is 0.463. The van der Waals surface area contributed by atoms with Gasteiger partial charge in [0.25, 0.3) is 0 Å². The van der Waals surface area contributed by atoms with Crippen LogP contribution in [0.25, 0.3) is 0 Å². The van der Waals surface area contributed by atoms with Gasteiger partial charge in [0.15, 0.2) is 0 Å². The minimum atomic E-state index is 0.940. The lowest BCUT2D eigenvalue weighted by Crippen LogP contribution is -2.28. The van der Waals surface area contributed by atoms with Crippen molar-refractivity contribution in [2.45, 2.75) is 25.4 Å². The van der Waals surface area contributed by atoms with Crippen LogP contribution >= 0.6 is 0 Å². The third kappa shape index (κ3) is 0.178. The summed E-state index contributed by atoms with van der Waals surface area (Å²) in [6, 6.07) is 1.98. The highest BCUT2D eigenvalue weighted by Crippen LogP contribution is 2.37. The molecule has 0 amide bonds. The van der Waals surface area contributed by atoms with Crippen LogP contribution in [-0.2, 0) is 0 Å². The van der Waals surface area contributed by atoms with Crippen LogP contribution < -0.4 is 0 Å². The van der Waals surface area contributed by atoms with Gasteiger partial charge < -0.3 is 0 Å². The molecule has 0 bridgehead atoms. The van der Waals surface area contributed by atoms with Crippen LogP contribution in [0.3, 0.4) is 0 Å². The van der Waals surface area contributed by atoms with Crippen molar-refractivity contribution >= 4 is 0 Å². The van der Waals surface area contributed by atoms with E-state index in [1.165, 1.54) is 13.0 Å². The van der Waals surface area contributed by atoms with Gasteiger partial charge in [-0.1, -0.05) is 0 Å². The summed E-state index contributed by atoms with van der Waals surface area (Å²) in [5.74, 6) is 0. The number of hydrogen-bond donors (Lipinski definition) is 0. The van der Waals surface area contributed by atoms with Gasteiger partial charge in [0, 0.05) is 18.6 Å². The molecular formula is C5H9N. The first kappa shape index (κ1) is 3.03. The Hall–Kier alpha value is -0.0400. The van der Waals surface area contributed by atoms with Gasteiger partial charge in [-0.3, -0.25) is 4.90 Å². The Morgan fingerprint density at radius 2 is 2.50 bits per heavy atom. The molecule has 3 unspecified atom stereocenters. The SMILES string of the molecule is CC1CC2CN12. The Morgan fingerprint density at radius 3 is 2.50 bits per heavy atom. The molecule has 1 nitrogen and oxygen atoms in total. The van der Waals surface area contributed by atoms with E-state index in [2.05, 4.69) is 11.8 Å². The molecule has 0 spiro atoms. The van der Waals surface area contributed by atoms with E-state index in [4.69, 9.17) is 0 Å². The maximum absolute atomic E-state index is 2.51. The highest BCUT2D eigenvalue weighted by Gasteiger charge is 2.47. The average Bonchev–Trinajstić information content (AvgIpc) is 2.12. The molecule has 6 heavy (non-hydrogen) atoms. The van der Waals surface area contributed by atoms with Crippen LogP contribution in [0.1, 0.15) is 13.3 Å². The molecule has 0 radical (unpaired) electrons. The van der Waals surface area contributed by atoms with Crippen molar-refractivity contribution in [3.63, 3.8) is 0 Å². The van der Waals surface area contributed by atoms with E-state index in [-0.39, 0.29) is 0 Å². The van der Waals surface area contributed by atoms with Crippen LogP contribution in [0.4, 0.5) is 0 Å². The summed E-state index contributed by atoms with van der Waals surface area (Å²) in [5, 5.41) is 0. The van der Waals surface area contributed by atoms with Gasteiger partial charge in [0.05, 0.1) is 0 Å². The summed E-state index contributed by atoms with van der Waals surface area (Å²) < 4.78 is 0. The second kappa shape index (κ2) is 0.648. The fourth-order valence-electron chi connectivity index (χ4n) is 1.34. The Balaban J connectivity index is 2.08. The lowest BCUT2D eigenvalue weighted by atomic mass is 10.1. The summed E-state index contributed by atoms with van der Waals surface area (Å²) in [6.07, 6.45) is 1.47. The first-order valence-electron chi connectivity index (χ1n) is 2.63. The molecule has 2 saturated heterocycles. The van der Waals surface area contributed by atoms with E-state index in [0.29, 0.717) is 0 Å². The number of rotatable bonds is 0. The van der Waals surface area contributed by atoms with Gasteiger partial charge in [0.1, 0.15) is 0 Å². The number of fused-ring (bicyclic) bond motifs is 1. The quantitative estimate of drug-likeness (QED) is 0.384. The van der Waals surface area contributed by atoms with Gasteiger partial charge in [-0.2, -0.15) is 0 Å². The zero-order chi connectivity index (χ0) is 4.15. The third-order valence-electron chi connectivity index (χ3n) is 1.94. The molecule has 2 aliphatic rings. The minimum absolute atomic E-state index is 0.940. The number of nitrogens with zero attached hydrogens (tertiary/aromatic N) is 1. The van der Waals surface area contributed by atoms with Crippen molar-refractivity contribution in [3.8, 4) is 0 Å². The molecule has 34 valence electrons. The normalized spacial score (nSPS) is 62.5. The number of hydrogen-bond acceptors (Lipinski definition) is 1. The predicted molar refractivity (Wildman–Crippen MR) is 24.6 cm³/mol. The molecule has 2 fully saturated rings. The summed E-state index contributed by atoms with van der Waals surface area (Å²) in [4.78, 5) is 2.51. The summed E-state index contributed by atoms with van der Waals surface area (Å²) >= 11 is 0. The zero-order valence-corrected chi connectivity index (χ0v) is 4.02. The molecule has 2 rings (SSSR count). The second-order valence-electron chi connectivity index (χ2n) is 2.44. The molecule has 0 saturated carbocycles. The fraction of sp³-hybridized carbons (Fsp3) is 1.00. The summed E-state index contributed by atoms with van der Waals surface area (Å²) in [5.41, 5.74) is 0. The van der Waals surface area contributed by atoms with Gasteiger partial charge in [0.2, 0.25) is 0 Å². The van der Waals surface area contributed by atoms with E-state index in [0.717, 1.165) is 12.1 Å². The van der Waals surface area contributed by atoms with E-state index in [1.807, 2.05) is 0 Å². The van der Waals surface area contributed by atoms with E-state index in [9.17, 15) is 0 Å². The largest absolute Gasteiger partial charge is 0.295 e. The minimum Gasteiger partial charge on any atom is -0.295 e. The van der Waals surface area contributed by atoms with Crippen LogP contribution in [-0.4, -0.2) is 23.5 Å². The fourth-order valence-corrected chi connectivity index (χ4v) is 1.34. The second-order valence-corrected chi connectivity index (χ2v) is 2.44. The molecule has 0 aromatic heterocycles. The first-order chi connectivity index (χ1) is 2.88. The van der Waals surface area contributed by atoms with Crippen LogP contribution in [0, 0.1) is 0 Å². The molecule has 0 aliphatic carbocycles. The average molecular weight is 83.1 g/mol. The van der Waals surface area contributed by atoms with E-state index >= 15 is 0 Å². The van der Waals surface area contributed by atoms with Crippen molar-refractivity contribution in [2.75, 3.05) is 6.54 Å². The molecular weight excluding hydrogens is 74.1 g/mol. The Bertz CT molecular complexity index is 80.0. The van der Waals surface area contributed by atoms with Gasteiger partial charge in [-0.25, -0.2) is 0 Å². The topological polar surface area (TPSA) is 3.01 Å². The molecule has 2 heterocycles. The molecule has 3 atom stereocenters. The van der Waals surface area contributed by atoms with Crippen molar-refractivity contribution in [1.29, 1.82) is 0 Å². The molecule has 1 heteroatoms. The highest BCUT2D eigenvalue weighted by molar-refractivity contribution is 5.04. The molecule has 0 aromatic carbocycles. The molecule has 2 aliphatic heterocycles. The molecule has 0 N–H and O–H groups in total. The summed E-state index contributed by atoms with van der Waals surface area (Å²) in [6.45, 7) is 3.70. The third-order valence-corrected chi connectivity index (χ3v) is 1.94. The highest BCUT2D eigenvalue weighted by atomic mass is 15.4. The van der Waals surface area contributed by atoms with E-state index in [1.54, 1.807) is 0 Å². The van der Waals surface area contributed by atoms with Crippen LogP contribution in [0.5, 0.6) is 0 Å². The standard InChI is InChI=1S/C5H9N/c1-4-2-5-3-6(4)5/h4-5H,2-3H2,1H3. The Labute approximate surface area is 37.9 Å². The first-order valence-corrected chi connectivity index (χ1v) is 2.63. The Kier molecular flexibility index (Phi) is 0.327. The van der Waals surface area contributed by atoms with Crippen molar-refractivity contribution in [1.82, 2.24) is 4.90 Å². The van der Waals surface area contributed by atoms with Gasteiger partial charge in [-0.15, -0.1) is 0 Å². The maximum Gasteiger partial charge on any atom is 0.0241 e.